The molecular formula is C13H20N2O2. The van der Waals surface area contributed by atoms with Crippen LogP contribution in [0.4, 0.5) is 0 Å². The number of fused-ring (bicyclic) bond motifs is 1. The van der Waals surface area contributed by atoms with Gasteiger partial charge in [-0.1, -0.05) is 13.0 Å². The Kier molecular flexibility index (Phi) is 5.66. The van der Waals surface area contributed by atoms with Crippen molar-refractivity contribution in [2.24, 2.45) is 5.73 Å². The molecule has 0 atom stereocenters. The van der Waals surface area contributed by atoms with E-state index in [1.54, 1.807) is 11.5 Å². The van der Waals surface area contributed by atoms with Crippen LogP contribution in [-0.2, 0) is 12.8 Å². The number of carbonyl (C=O) groups excluding carboxylic acids is 1. The minimum absolute atomic E-state index is 0.435. The quantitative estimate of drug-likeness (QED) is 0.540. The van der Waals surface area contributed by atoms with Crippen LogP contribution in [0.2, 0.25) is 0 Å². The second-order valence-corrected chi connectivity index (χ2v) is 4.07. The van der Waals surface area contributed by atoms with Gasteiger partial charge in [0.1, 0.15) is 0 Å². The number of benzene rings is 1. The molecule has 94 valence electrons. The van der Waals surface area contributed by atoms with E-state index in [0.29, 0.717) is 5.56 Å². The Balaban J connectivity index is 0.000000317. The second kappa shape index (κ2) is 7.04. The number of nitrogens with two attached hydrogens (primary N) is 1. The standard InChI is InChI=1S/C10H11NO2.C3H9N/c12-10(11-13)9-5-4-7-2-1-3-8(7)6-9;1-2-3-4/h4-6,13H,1-3H2,(H,11,12);2-4H2,1H3. The molecule has 0 radical (unpaired) electrons. The van der Waals surface area contributed by atoms with Crippen molar-refractivity contribution in [3.05, 3.63) is 34.9 Å². The maximum absolute atomic E-state index is 11.1. The highest BCUT2D eigenvalue weighted by molar-refractivity contribution is 5.93. The van der Waals surface area contributed by atoms with Gasteiger partial charge in [-0.05, 0) is 55.5 Å². The van der Waals surface area contributed by atoms with Crippen LogP contribution < -0.4 is 11.2 Å². The first kappa shape index (κ1) is 13.7. The normalized spacial score (nSPS) is 12.4. The largest absolute Gasteiger partial charge is 0.330 e. The van der Waals surface area contributed by atoms with Crippen LogP contribution >= 0.6 is 0 Å². The molecule has 0 fully saturated rings. The lowest BCUT2D eigenvalue weighted by Gasteiger charge is -2.02. The number of nitrogens with one attached hydrogen (secondary N) is 1. The first-order chi connectivity index (χ1) is 8.22. The van der Waals surface area contributed by atoms with Crippen LogP contribution in [0.3, 0.4) is 0 Å². The molecule has 0 saturated carbocycles. The third-order valence-electron chi connectivity index (χ3n) is 2.75. The highest BCUT2D eigenvalue weighted by Crippen LogP contribution is 2.22. The Bertz CT molecular complexity index is 376. The molecule has 17 heavy (non-hydrogen) atoms. The maximum Gasteiger partial charge on any atom is 0.274 e. The van der Waals surface area contributed by atoms with Gasteiger partial charge in [-0.15, -0.1) is 0 Å². The van der Waals surface area contributed by atoms with Gasteiger partial charge in [0.15, 0.2) is 0 Å². The van der Waals surface area contributed by atoms with Gasteiger partial charge >= 0.3 is 0 Å². The van der Waals surface area contributed by atoms with Crippen molar-refractivity contribution < 1.29 is 10.0 Å². The summed E-state index contributed by atoms with van der Waals surface area (Å²) in [6.45, 7) is 2.88. The zero-order valence-corrected chi connectivity index (χ0v) is 10.2. The average molecular weight is 236 g/mol. The summed E-state index contributed by atoms with van der Waals surface area (Å²) in [7, 11) is 0. The number of rotatable bonds is 2. The average Bonchev–Trinajstić information content (AvgIpc) is 2.85. The lowest BCUT2D eigenvalue weighted by Crippen LogP contribution is -2.18. The Morgan fingerprint density at radius 3 is 2.65 bits per heavy atom. The van der Waals surface area contributed by atoms with E-state index >= 15 is 0 Å². The van der Waals surface area contributed by atoms with Crippen molar-refractivity contribution in [1.82, 2.24) is 5.48 Å². The van der Waals surface area contributed by atoms with E-state index in [0.717, 1.165) is 25.8 Å². The smallest absolute Gasteiger partial charge is 0.274 e. The maximum atomic E-state index is 11.1. The zero-order valence-electron chi connectivity index (χ0n) is 10.2. The van der Waals surface area contributed by atoms with Crippen LogP contribution in [-0.4, -0.2) is 17.7 Å². The molecule has 0 aliphatic heterocycles. The van der Waals surface area contributed by atoms with Crippen molar-refractivity contribution >= 4 is 5.91 Å². The highest BCUT2D eigenvalue weighted by Gasteiger charge is 2.13. The van der Waals surface area contributed by atoms with Crippen LogP contribution in [0.15, 0.2) is 18.2 Å². The molecule has 0 unspecified atom stereocenters. The van der Waals surface area contributed by atoms with Crippen LogP contribution in [0.5, 0.6) is 0 Å². The van der Waals surface area contributed by atoms with Crippen LogP contribution in [0.25, 0.3) is 0 Å². The van der Waals surface area contributed by atoms with E-state index in [9.17, 15) is 4.79 Å². The first-order valence-electron chi connectivity index (χ1n) is 5.99. The van der Waals surface area contributed by atoms with Crippen molar-refractivity contribution in [3.63, 3.8) is 0 Å². The molecule has 4 heteroatoms. The molecule has 1 aromatic carbocycles. The Morgan fingerprint density at radius 1 is 1.41 bits per heavy atom. The summed E-state index contributed by atoms with van der Waals surface area (Å²) in [5, 5.41) is 8.44. The molecule has 1 amide bonds. The van der Waals surface area contributed by atoms with Crippen molar-refractivity contribution in [3.8, 4) is 0 Å². The summed E-state index contributed by atoms with van der Waals surface area (Å²) in [5.41, 5.74) is 9.76. The lowest BCUT2D eigenvalue weighted by molar-refractivity contribution is 0.0706. The molecule has 1 aromatic rings. The molecule has 0 heterocycles. The van der Waals surface area contributed by atoms with Gasteiger partial charge in [-0.25, -0.2) is 5.48 Å². The number of hydrogen-bond donors (Lipinski definition) is 3. The topological polar surface area (TPSA) is 75.4 Å². The SMILES string of the molecule is CCCN.O=C(NO)c1ccc2c(c1)CCC2. The van der Waals surface area contributed by atoms with Gasteiger partial charge in [0.2, 0.25) is 0 Å². The number of hydrogen-bond acceptors (Lipinski definition) is 3. The molecule has 0 bridgehead atoms. The fraction of sp³-hybridized carbons (Fsp3) is 0.462. The van der Waals surface area contributed by atoms with Crippen LogP contribution in [0.1, 0.15) is 41.3 Å². The van der Waals surface area contributed by atoms with E-state index in [-0.39, 0.29) is 0 Å². The molecule has 1 aliphatic carbocycles. The third-order valence-corrected chi connectivity index (χ3v) is 2.75. The monoisotopic (exact) mass is 236 g/mol. The second-order valence-electron chi connectivity index (χ2n) is 4.07. The number of hydroxylamine groups is 1. The number of amides is 1. The van der Waals surface area contributed by atoms with E-state index in [4.69, 9.17) is 10.9 Å². The predicted octanol–water partition coefficient (Wildman–Crippen LogP) is 1.65. The fourth-order valence-corrected chi connectivity index (χ4v) is 1.78. The molecule has 2 rings (SSSR count). The third kappa shape index (κ3) is 3.84. The van der Waals surface area contributed by atoms with Gasteiger partial charge in [-0.2, -0.15) is 0 Å². The first-order valence-corrected chi connectivity index (χ1v) is 5.99. The summed E-state index contributed by atoms with van der Waals surface area (Å²) in [5.74, 6) is -0.435. The van der Waals surface area contributed by atoms with Crippen molar-refractivity contribution in [1.29, 1.82) is 0 Å². The Morgan fingerprint density at radius 2 is 2.06 bits per heavy atom. The van der Waals surface area contributed by atoms with Crippen molar-refractivity contribution in [2.75, 3.05) is 6.54 Å². The molecule has 4 N–H and O–H groups in total. The molecule has 1 aliphatic rings. The summed E-state index contributed by atoms with van der Waals surface area (Å²) in [6.07, 6.45) is 4.41. The Hall–Kier alpha value is -1.39. The predicted molar refractivity (Wildman–Crippen MR) is 67.1 cm³/mol. The summed E-state index contributed by atoms with van der Waals surface area (Å²) < 4.78 is 0. The number of carbonyl (C=O) groups is 1. The van der Waals surface area contributed by atoms with Gasteiger partial charge in [-0.3, -0.25) is 10.0 Å². The van der Waals surface area contributed by atoms with Gasteiger partial charge in [0.25, 0.3) is 5.91 Å². The van der Waals surface area contributed by atoms with Gasteiger partial charge in [0, 0.05) is 5.56 Å². The molecule has 0 spiro atoms. The van der Waals surface area contributed by atoms with Gasteiger partial charge in [0.05, 0.1) is 0 Å². The van der Waals surface area contributed by atoms with Crippen LogP contribution in [0, 0.1) is 0 Å². The number of aryl methyl sites for hydroxylation is 2. The van der Waals surface area contributed by atoms with E-state index < -0.39 is 5.91 Å². The molecule has 4 nitrogen and oxygen atoms in total. The highest BCUT2D eigenvalue weighted by atomic mass is 16.5. The lowest BCUT2D eigenvalue weighted by atomic mass is 10.1. The zero-order chi connectivity index (χ0) is 12.7. The molecule has 0 saturated heterocycles. The summed E-state index contributed by atoms with van der Waals surface area (Å²) >= 11 is 0. The Labute approximate surface area is 102 Å². The molecule has 0 aromatic heterocycles. The van der Waals surface area contributed by atoms with E-state index in [2.05, 4.69) is 6.92 Å². The minimum Gasteiger partial charge on any atom is -0.330 e. The minimum atomic E-state index is -0.435. The molecular weight excluding hydrogens is 216 g/mol. The van der Waals surface area contributed by atoms with Crippen molar-refractivity contribution in [2.45, 2.75) is 32.6 Å². The van der Waals surface area contributed by atoms with E-state index in [1.165, 1.54) is 17.5 Å². The fourth-order valence-electron chi connectivity index (χ4n) is 1.78. The summed E-state index contributed by atoms with van der Waals surface area (Å²) in [6, 6.07) is 5.57. The summed E-state index contributed by atoms with van der Waals surface area (Å²) in [4.78, 5) is 11.1. The van der Waals surface area contributed by atoms with E-state index in [1.807, 2.05) is 12.1 Å². The van der Waals surface area contributed by atoms with Gasteiger partial charge < -0.3 is 5.73 Å².